The van der Waals surface area contributed by atoms with Gasteiger partial charge in [0.1, 0.15) is 5.76 Å². The van der Waals surface area contributed by atoms with E-state index in [-0.39, 0.29) is 35.9 Å². The molecule has 2 aromatic carbocycles. The predicted molar refractivity (Wildman–Crippen MR) is 127 cm³/mol. The first-order valence-corrected chi connectivity index (χ1v) is 12.8. The van der Waals surface area contributed by atoms with Gasteiger partial charge in [-0.15, -0.1) is 0 Å². The van der Waals surface area contributed by atoms with Gasteiger partial charge < -0.3 is 4.42 Å². The lowest BCUT2D eigenvalue weighted by molar-refractivity contribution is -0.118. The van der Waals surface area contributed by atoms with Crippen LogP contribution in [0.3, 0.4) is 0 Å². The third-order valence-electron chi connectivity index (χ3n) is 5.32. The summed E-state index contributed by atoms with van der Waals surface area (Å²) in [6.45, 7) is 4.33. The first-order chi connectivity index (χ1) is 15.3. The van der Waals surface area contributed by atoms with Crippen LogP contribution in [0.4, 0.5) is 5.13 Å². The van der Waals surface area contributed by atoms with E-state index in [0.29, 0.717) is 10.9 Å². The summed E-state index contributed by atoms with van der Waals surface area (Å²) in [5.74, 6) is 0.370. The van der Waals surface area contributed by atoms with Crippen molar-refractivity contribution in [3.63, 3.8) is 0 Å². The molecule has 0 N–H and O–H groups in total. The monoisotopic (exact) mass is 468 g/mol. The summed E-state index contributed by atoms with van der Waals surface area (Å²) in [6, 6.07) is 16.0. The van der Waals surface area contributed by atoms with E-state index in [0.717, 1.165) is 15.8 Å². The van der Waals surface area contributed by atoms with Crippen molar-refractivity contribution < 1.29 is 17.6 Å². The Morgan fingerprint density at radius 1 is 1.06 bits per heavy atom. The fraction of sp³-hybridized carbons (Fsp3) is 0.250. The van der Waals surface area contributed by atoms with E-state index in [4.69, 9.17) is 4.42 Å². The van der Waals surface area contributed by atoms with Gasteiger partial charge in [0.2, 0.25) is 5.91 Å². The van der Waals surface area contributed by atoms with Crippen LogP contribution in [-0.4, -0.2) is 25.1 Å². The van der Waals surface area contributed by atoms with Crippen LogP contribution in [-0.2, 0) is 21.2 Å². The fourth-order valence-corrected chi connectivity index (χ4v) is 5.79. The number of rotatable bonds is 8. The largest absolute Gasteiger partial charge is 0.467 e. The van der Waals surface area contributed by atoms with E-state index in [1.54, 1.807) is 47.6 Å². The average Bonchev–Trinajstić information content (AvgIpc) is 3.42. The summed E-state index contributed by atoms with van der Waals surface area (Å²) in [6.07, 6.45) is 1.89. The zero-order chi connectivity index (χ0) is 22.7. The minimum atomic E-state index is -3.43. The maximum Gasteiger partial charge on any atom is 0.229 e. The van der Waals surface area contributed by atoms with Crippen LogP contribution in [0.1, 0.15) is 29.7 Å². The van der Waals surface area contributed by atoms with Crippen LogP contribution < -0.4 is 4.90 Å². The molecule has 2 heterocycles. The molecule has 166 valence electrons. The normalized spacial score (nSPS) is 11.7. The minimum Gasteiger partial charge on any atom is -0.467 e. The zero-order valence-electron chi connectivity index (χ0n) is 17.9. The van der Waals surface area contributed by atoms with Crippen LogP contribution in [0.25, 0.3) is 10.2 Å². The molecule has 2 aromatic heterocycles. The average molecular weight is 469 g/mol. The molecule has 0 atom stereocenters. The second-order valence-corrected chi connectivity index (χ2v) is 10.8. The minimum absolute atomic E-state index is 0.0877. The summed E-state index contributed by atoms with van der Waals surface area (Å²) >= 11 is 1.45. The van der Waals surface area contributed by atoms with Crippen LogP contribution in [0.15, 0.2) is 70.2 Å². The highest BCUT2D eigenvalue weighted by atomic mass is 32.2. The summed E-state index contributed by atoms with van der Waals surface area (Å²) in [5, 5.41) is 0.581. The van der Waals surface area contributed by atoms with Gasteiger partial charge >= 0.3 is 0 Å². The molecule has 32 heavy (non-hydrogen) atoms. The molecule has 0 unspecified atom stereocenters. The molecule has 0 spiro atoms. The van der Waals surface area contributed by atoms with Gasteiger partial charge in [0.15, 0.2) is 15.0 Å². The van der Waals surface area contributed by atoms with E-state index in [9.17, 15) is 13.2 Å². The molecule has 0 aliphatic carbocycles. The fourth-order valence-electron chi connectivity index (χ4n) is 3.40. The van der Waals surface area contributed by atoms with Gasteiger partial charge in [-0.1, -0.05) is 29.5 Å². The number of sulfone groups is 1. The zero-order valence-corrected chi connectivity index (χ0v) is 19.6. The number of benzene rings is 2. The van der Waals surface area contributed by atoms with Gasteiger partial charge in [0.25, 0.3) is 0 Å². The molecule has 4 rings (SSSR count). The Balaban J connectivity index is 1.53. The molecule has 0 radical (unpaired) electrons. The Hall–Kier alpha value is -2.97. The number of thiazole rings is 1. The molecule has 0 fully saturated rings. The number of fused-ring (bicyclic) bond motifs is 1. The molecule has 8 heteroatoms. The van der Waals surface area contributed by atoms with E-state index < -0.39 is 9.84 Å². The maximum atomic E-state index is 13.2. The summed E-state index contributed by atoms with van der Waals surface area (Å²) in [7, 11) is -3.43. The number of hydrogen-bond donors (Lipinski definition) is 0. The number of aromatic nitrogens is 1. The van der Waals surface area contributed by atoms with E-state index in [1.165, 1.54) is 16.9 Å². The van der Waals surface area contributed by atoms with Gasteiger partial charge in [-0.25, -0.2) is 13.4 Å². The lowest BCUT2D eigenvalue weighted by Crippen LogP contribution is -2.30. The first-order valence-electron chi connectivity index (χ1n) is 10.3. The molecule has 0 bridgehead atoms. The lowest BCUT2D eigenvalue weighted by atomic mass is 10.1. The number of carbonyl (C=O) groups excluding carboxylic acids is 1. The molecule has 1 amide bonds. The highest BCUT2D eigenvalue weighted by Crippen LogP contribution is 2.32. The maximum absolute atomic E-state index is 13.2. The molecule has 4 aromatic rings. The molecule has 0 aliphatic rings. The standard InChI is InChI=1S/C24H24N2O4S2/c1-17-14-21-22(15-18(17)2)31-24(25-21)26(16-19-8-6-12-30-19)23(27)11-7-13-32(28,29)20-9-4-3-5-10-20/h3-6,8-10,12,14-15H,7,11,13,16H2,1-2H3. The Kier molecular flexibility index (Phi) is 6.43. The second kappa shape index (κ2) is 9.26. The van der Waals surface area contributed by atoms with Gasteiger partial charge in [-0.2, -0.15) is 0 Å². The summed E-state index contributed by atoms with van der Waals surface area (Å²) < 4.78 is 31.5. The van der Waals surface area contributed by atoms with Crippen molar-refractivity contribution in [3.05, 3.63) is 77.7 Å². The number of amides is 1. The van der Waals surface area contributed by atoms with Crippen molar-refractivity contribution in [1.82, 2.24) is 4.98 Å². The predicted octanol–water partition coefficient (Wildman–Crippen LogP) is 5.29. The highest BCUT2D eigenvalue weighted by molar-refractivity contribution is 7.91. The van der Waals surface area contributed by atoms with Gasteiger partial charge in [-0.3, -0.25) is 9.69 Å². The molecule has 6 nitrogen and oxygen atoms in total. The number of furan rings is 1. The van der Waals surface area contributed by atoms with E-state index in [1.807, 2.05) is 26.0 Å². The van der Waals surface area contributed by atoms with Crippen LogP contribution in [0.2, 0.25) is 0 Å². The first kappa shape index (κ1) is 22.2. The van der Waals surface area contributed by atoms with Crippen molar-refractivity contribution >= 4 is 42.4 Å². The van der Waals surface area contributed by atoms with Crippen molar-refractivity contribution in [1.29, 1.82) is 0 Å². The van der Waals surface area contributed by atoms with Crippen molar-refractivity contribution in [2.45, 2.75) is 38.1 Å². The van der Waals surface area contributed by atoms with Crippen LogP contribution >= 0.6 is 11.3 Å². The van der Waals surface area contributed by atoms with Gasteiger partial charge in [0, 0.05) is 6.42 Å². The van der Waals surface area contributed by atoms with Gasteiger partial charge in [-0.05, 0) is 67.8 Å². The van der Waals surface area contributed by atoms with Crippen LogP contribution in [0.5, 0.6) is 0 Å². The Bertz CT molecular complexity index is 1290. The van der Waals surface area contributed by atoms with Crippen LogP contribution in [0, 0.1) is 13.8 Å². The summed E-state index contributed by atoms with van der Waals surface area (Å²) in [5.41, 5.74) is 3.16. The number of carbonyl (C=O) groups is 1. The molecule has 0 aliphatic heterocycles. The molecule has 0 saturated carbocycles. The Labute approximate surface area is 191 Å². The smallest absolute Gasteiger partial charge is 0.229 e. The summed E-state index contributed by atoms with van der Waals surface area (Å²) in [4.78, 5) is 19.7. The Morgan fingerprint density at radius 2 is 1.81 bits per heavy atom. The number of anilines is 1. The highest BCUT2D eigenvalue weighted by Gasteiger charge is 2.23. The third kappa shape index (κ3) is 4.92. The van der Waals surface area contributed by atoms with Crippen molar-refractivity contribution in [2.75, 3.05) is 10.7 Å². The number of aryl methyl sites for hydroxylation is 2. The molecular formula is C24H24N2O4S2. The van der Waals surface area contributed by atoms with Crippen molar-refractivity contribution in [2.24, 2.45) is 0 Å². The SMILES string of the molecule is Cc1cc2nc(N(Cc3ccco3)C(=O)CCCS(=O)(=O)c3ccccc3)sc2cc1C. The second-order valence-electron chi connectivity index (χ2n) is 7.70. The quantitative estimate of drug-likeness (QED) is 0.351. The third-order valence-corrected chi connectivity index (χ3v) is 8.18. The van der Waals surface area contributed by atoms with Gasteiger partial charge in [0.05, 0.1) is 33.7 Å². The molecular weight excluding hydrogens is 444 g/mol. The number of nitrogens with zero attached hydrogens (tertiary/aromatic N) is 2. The number of hydrogen-bond acceptors (Lipinski definition) is 6. The topological polar surface area (TPSA) is 80.5 Å². The lowest BCUT2D eigenvalue weighted by Gasteiger charge is -2.18. The Morgan fingerprint density at radius 3 is 2.53 bits per heavy atom. The van der Waals surface area contributed by atoms with E-state index >= 15 is 0 Å². The molecule has 0 saturated heterocycles. The van der Waals surface area contributed by atoms with E-state index in [2.05, 4.69) is 11.1 Å². The van der Waals surface area contributed by atoms with Crippen molar-refractivity contribution in [3.8, 4) is 0 Å².